The first-order chi connectivity index (χ1) is 12.2. The second-order valence-corrected chi connectivity index (χ2v) is 7.10. The average molecular weight is 354 g/mol. The molecule has 1 fully saturated rings. The third-order valence-corrected chi connectivity index (χ3v) is 5.14. The van der Waals surface area contributed by atoms with E-state index in [1.165, 1.54) is 11.3 Å². The minimum atomic E-state index is -0.0553. The van der Waals surface area contributed by atoms with Crippen molar-refractivity contribution in [3.05, 3.63) is 47.2 Å². The molecule has 1 N–H and O–H groups in total. The number of aromatic nitrogens is 3. The molecule has 7 heteroatoms. The molecule has 128 valence electrons. The van der Waals surface area contributed by atoms with E-state index in [1.807, 2.05) is 36.6 Å². The molecule has 0 saturated carbocycles. The molecule has 0 bridgehead atoms. The van der Waals surface area contributed by atoms with Crippen LogP contribution in [0.2, 0.25) is 0 Å². The number of Topliss-reactive ketones (excluding diaryl/α,β-unsaturated/α-hetero) is 1. The highest BCUT2D eigenvalue weighted by Crippen LogP contribution is 2.27. The van der Waals surface area contributed by atoms with Gasteiger partial charge in [0.25, 0.3) is 0 Å². The van der Waals surface area contributed by atoms with Crippen molar-refractivity contribution in [2.75, 3.05) is 18.5 Å². The van der Waals surface area contributed by atoms with Crippen LogP contribution in [0.1, 0.15) is 35.6 Å². The number of ether oxygens (including phenoxy) is 1. The van der Waals surface area contributed by atoms with Crippen LogP contribution in [-0.4, -0.2) is 33.9 Å². The lowest BCUT2D eigenvalue weighted by molar-refractivity contribution is -0.0322. The molecule has 0 aliphatic carbocycles. The Morgan fingerprint density at radius 2 is 2.24 bits per heavy atom. The zero-order chi connectivity index (χ0) is 17.2. The van der Waals surface area contributed by atoms with Gasteiger partial charge < -0.3 is 10.1 Å². The van der Waals surface area contributed by atoms with Crippen molar-refractivity contribution in [3.8, 4) is 0 Å². The van der Waals surface area contributed by atoms with Crippen LogP contribution in [-0.2, 0) is 4.74 Å². The fourth-order valence-corrected chi connectivity index (χ4v) is 3.62. The number of fused-ring (bicyclic) bond motifs is 1. The van der Waals surface area contributed by atoms with Crippen molar-refractivity contribution < 1.29 is 9.53 Å². The predicted molar refractivity (Wildman–Crippen MR) is 96.9 cm³/mol. The quantitative estimate of drug-likeness (QED) is 0.683. The summed E-state index contributed by atoms with van der Waals surface area (Å²) in [6.45, 7) is 3.31. The van der Waals surface area contributed by atoms with Crippen LogP contribution < -0.4 is 5.32 Å². The van der Waals surface area contributed by atoms with Gasteiger partial charge in [-0.15, -0.1) is 11.3 Å². The van der Waals surface area contributed by atoms with E-state index in [1.54, 1.807) is 6.20 Å². The summed E-state index contributed by atoms with van der Waals surface area (Å²) < 4.78 is 6.02. The zero-order valence-corrected chi connectivity index (χ0v) is 14.6. The fourth-order valence-electron chi connectivity index (χ4n) is 2.78. The Labute approximate surface area is 149 Å². The molecule has 25 heavy (non-hydrogen) atoms. The summed E-state index contributed by atoms with van der Waals surface area (Å²) in [6, 6.07) is 7.63. The van der Waals surface area contributed by atoms with Crippen molar-refractivity contribution in [2.45, 2.75) is 19.4 Å². The van der Waals surface area contributed by atoms with Crippen LogP contribution in [0.25, 0.3) is 10.2 Å². The number of carbonyl (C=O) groups is 1. The summed E-state index contributed by atoms with van der Waals surface area (Å²) in [7, 11) is 0. The molecule has 0 radical (unpaired) electrons. The van der Waals surface area contributed by atoms with Gasteiger partial charge in [-0.1, -0.05) is 6.07 Å². The summed E-state index contributed by atoms with van der Waals surface area (Å²) in [6.07, 6.45) is 2.23. The summed E-state index contributed by atoms with van der Waals surface area (Å²) in [5, 5.41) is 5.20. The Bertz CT molecular complexity index is 892. The monoisotopic (exact) mass is 354 g/mol. The van der Waals surface area contributed by atoms with Crippen LogP contribution in [0.5, 0.6) is 0 Å². The molecule has 0 unspecified atom stereocenters. The molecule has 1 atom stereocenters. The Balaban J connectivity index is 1.62. The molecule has 3 aromatic rings. The van der Waals surface area contributed by atoms with E-state index in [-0.39, 0.29) is 11.8 Å². The number of ketones is 1. The molecular weight excluding hydrogens is 336 g/mol. The van der Waals surface area contributed by atoms with E-state index >= 15 is 0 Å². The van der Waals surface area contributed by atoms with E-state index in [2.05, 4.69) is 20.3 Å². The maximum Gasteiger partial charge on any atom is 0.224 e. The predicted octanol–water partition coefficient (Wildman–Crippen LogP) is 3.48. The zero-order valence-electron chi connectivity index (χ0n) is 13.8. The molecule has 6 nitrogen and oxygen atoms in total. The number of hydrogen-bond acceptors (Lipinski definition) is 7. The first kappa shape index (κ1) is 16.1. The first-order valence-electron chi connectivity index (χ1n) is 8.24. The number of carbonyl (C=O) groups excluding carboxylic acids is 1. The van der Waals surface area contributed by atoms with Crippen LogP contribution >= 0.6 is 11.3 Å². The second kappa shape index (κ2) is 6.85. The van der Waals surface area contributed by atoms with Crippen molar-refractivity contribution in [3.63, 3.8) is 0 Å². The maximum absolute atomic E-state index is 12.7. The molecule has 4 heterocycles. The highest BCUT2D eigenvalue weighted by molar-refractivity contribution is 7.17. The standard InChI is InChI=1S/C18H18N4O2S/c1-11(13-4-2-3-6-19-13)20-18-21-14-5-7-25-17(14)16(22-18)15(23)8-12-9-24-10-12/h2-7,11-12H,8-10H2,1H3,(H,20,21,22)/t11-/m0/s1. The van der Waals surface area contributed by atoms with E-state index in [0.717, 1.165) is 15.9 Å². The van der Waals surface area contributed by atoms with E-state index in [0.29, 0.717) is 37.2 Å². The topological polar surface area (TPSA) is 77.0 Å². The Kier molecular flexibility index (Phi) is 4.42. The van der Waals surface area contributed by atoms with Crippen molar-refractivity contribution in [1.82, 2.24) is 15.0 Å². The van der Waals surface area contributed by atoms with Crippen molar-refractivity contribution in [2.24, 2.45) is 5.92 Å². The molecule has 3 aromatic heterocycles. The lowest BCUT2D eigenvalue weighted by Crippen LogP contribution is -2.30. The van der Waals surface area contributed by atoms with Gasteiger partial charge in [0.1, 0.15) is 5.69 Å². The smallest absolute Gasteiger partial charge is 0.224 e. The highest BCUT2D eigenvalue weighted by Gasteiger charge is 2.25. The summed E-state index contributed by atoms with van der Waals surface area (Å²) in [4.78, 5) is 26.1. The van der Waals surface area contributed by atoms with Gasteiger partial charge in [0.05, 0.1) is 35.2 Å². The number of anilines is 1. The summed E-state index contributed by atoms with van der Waals surface area (Å²) in [5.41, 5.74) is 2.20. The number of thiophene rings is 1. The van der Waals surface area contributed by atoms with E-state index in [4.69, 9.17) is 4.74 Å². The van der Waals surface area contributed by atoms with Crippen LogP contribution in [0.15, 0.2) is 35.8 Å². The third-order valence-electron chi connectivity index (χ3n) is 4.23. The van der Waals surface area contributed by atoms with Gasteiger partial charge in [-0.2, -0.15) is 0 Å². The van der Waals surface area contributed by atoms with Crippen molar-refractivity contribution >= 4 is 33.3 Å². The second-order valence-electron chi connectivity index (χ2n) is 6.18. The van der Waals surface area contributed by atoms with Gasteiger partial charge in [-0.05, 0) is 30.5 Å². The minimum Gasteiger partial charge on any atom is -0.381 e. The summed E-state index contributed by atoms with van der Waals surface area (Å²) in [5.74, 6) is 0.815. The molecule has 1 aliphatic heterocycles. The van der Waals surface area contributed by atoms with Crippen LogP contribution in [0.3, 0.4) is 0 Å². The van der Waals surface area contributed by atoms with Gasteiger partial charge >= 0.3 is 0 Å². The molecule has 4 rings (SSSR count). The molecule has 0 spiro atoms. The lowest BCUT2D eigenvalue weighted by Gasteiger charge is -2.25. The maximum atomic E-state index is 12.7. The Morgan fingerprint density at radius 3 is 2.96 bits per heavy atom. The number of nitrogens with one attached hydrogen (secondary N) is 1. The largest absolute Gasteiger partial charge is 0.381 e. The first-order valence-corrected chi connectivity index (χ1v) is 9.12. The van der Waals surface area contributed by atoms with Crippen LogP contribution in [0, 0.1) is 5.92 Å². The number of pyridine rings is 1. The Morgan fingerprint density at radius 1 is 1.36 bits per heavy atom. The third kappa shape index (κ3) is 3.38. The van der Waals surface area contributed by atoms with Gasteiger partial charge in [0.2, 0.25) is 5.95 Å². The summed E-state index contributed by atoms with van der Waals surface area (Å²) >= 11 is 1.50. The minimum absolute atomic E-state index is 0.0525. The van der Waals surface area contributed by atoms with E-state index < -0.39 is 0 Å². The van der Waals surface area contributed by atoms with Crippen LogP contribution in [0.4, 0.5) is 5.95 Å². The number of nitrogens with zero attached hydrogens (tertiary/aromatic N) is 3. The van der Waals surface area contributed by atoms with Gasteiger partial charge in [-0.25, -0.2) is 9.97 Å². The van der Waals surface area contributed by atoms with Gasteiger partial charge in [0, 0.05) is 18.5 Å². The lowest BCUT2D eigenvalue weighted by atomic mass is 9.99. The normalized spacial score (nSPS) is 15.7. The molecular formula is C18H18N4O2S. The van der Waals surface area contributed by atoms with Gasteiger partial charge in [-0.3, -0.25) is 9.78 Å². The van der Waals surface area contributed by atoms with Crippen molar-refractivity contribution in [1.29, 1.82) is 0 Å². The molecule has 0 amide bonds. The highest BCUT2D eigenvalue weighted by atomic mass is 32.1. The average Bonchev–Trinajstić information content (AvgIpc) is 3.06. The number of rotatable bonds is 6. The Hall–Kier alpha value is -2.38. The SMILES string of the molecule is C[C@H](Nc1nc(C(=O)CC2COC2)c2sccc2n1)c1ccccn1. The molecule has 1 aliphatic rings. The van der Waals surface area contributed by atoms with Gasteiger partial charge in [0.15, 0.2) is 5.78 Å². The fraction of sp³-hybridized carbons (Fsp3) is 0.333. The van der Waals surface area contributed by atoms with E-state index in [9.17, 15) is 4.79 Å². The molecule has 0 aromatic carbocycles. The molecule has 1 saturated heterocycles. The number of hydrogen-bond donors (Lipinski definition) is 1.